The third kappa shape index (κ3) is 4.75. The first-order chi connectivity index (χ1) is 17.1. The molecular formula is C27H21N3O5. The normalized spacial score (nSPS) is 10.3. The number of rotatable bonds is 7. The Balaban J connectivity index is 1.72. The van der Waals surface area contributed by atoms with E-state index >= 15 is 0 Å². The van der Waals surface area contributed by atoms with Crippen LogP contribution < -0.4 is 4.74 Å². The molecule has 0 saturated heterocycles. The zero-order valence-electron chi connectivity index (χ0n) is 19.1. The third-order valence-corrected chi connectivity index (χ3v) is 5.31. The largest absolute Gasteiger partial charge is 0.489 e. The van der Waals surface area contributed by atoms with Crippen LogP contribution in [0, 0.1) is 11.3 Å². The SMILES string of the molecule is COC(=O)c1c(-c2ccc(OCc3ccccc3C#N)cc2)nn(-c2ccccc2)c1C(=O)OC. The summed E-state index contributed by atoms with van der Waals surface area (Å²) < 4.78 is 17.1. The van der Waals surface area contributed by atoms with Gasteiger partial charge >= 0.3 is 11.9 Å². The van der Waals surface area contributed by atoms with Gasteiger partial charge in [-0.05, 0) is 42.5 Å². The summed E-state index contributed by atoms with van der Waals surface area (Å²) in [5, 5.41) is 13.8. The molecule has 0 amide bonds. The molecule has 0 saturated carbocycles. The molecule has 0 aliphatic carbocycles. The summed E-state index contributed by atoms with van der Waals surface area (Å²) in [7, 11) is 2.48. The molecule has 0 fully saturated rings. The molecule has 8 nitrogen and oxygen atoms in total. The summed E-state index contributed by atoms with van der Waals surface area (Å²) in [5.41, 5.74) is 2.72. The van der Waals surface area contributed by atoms with Gasteiger partial charge in [0.2, 0.25) is 0 Å². The number of para-hydroxylation sites is 1. The van der Waals surface area contributed by atoms with Crippen molar-refractivity contribution in [2.24, 2.45) is 0 Å². The maximum atomic E-state index is 12.7. The van der Waals surface area contributed by atoms with Crippen molar-refractivity contribution in [1.82, 2.24) is 9.78 Å². The highest BCUT2D eigenvalue weighted by atomic mass is 16.5. The van der Waals surface area contributed by atoms with Crippen molar-refractivity contribution in [3.63, 3.8) is 0 Å². The predicted octanol–water partition coefficient (Wildman–Crippen LogP) is 4.56. The van der Waals surface area contributed by atoms with E-state index in [4.69, 9.17) is 14.2 Å². The number of esters is 2. The summed E-state index contributed by atoms with van der Waals surface area (Å²) >= 11 is 0. The second-order valence-corrected chi connectivity index (χ2v) is 7.38. The zero-order chi connectivity index (χ0) is 24.8. The molecule has 1 heterocycles. The maximum Gasteiger partial charge on any atom is 0.357 e. The summed E-state index contributed by atoms with van der Waals surface area (Å²) in [5.74, 6) is -0.864. The third-order valence-electron chi connectivity index (χ3n) is 5.31. The van der Waals surface area contributed by atoms with Gasteiger partial charge in [0.05, 0.1) is 31.5 Å². The number of benzene rings is 3. The Morgan fingerprint density at radius 2 is 1.54 bits per heavy atom. The first kappa shape index (κ1) is 23.3. The number of hydrogen-bond donors (Lipinski definition) is 0. The summed E-state index contributed by atoms with van der Waals surface area (Å²) in [4.78, 5) is 25.4. The lowest BCUT2D eigenvalue weighted by Gasteiger charge is -2.08. The smallest absolute Gasteiger partial charge is 0.357 e. The quantitative estimate of drug-likeness (QED) is 0.367. The highest BCUT2D eigenvalue weighted by Gasteiger charge is 2.31. The molecule has 1 aromatic heterocycles. The van der Waals surface area contributed by atoms with Crippen LogP contribution in [-0.2, 0) is 16.1 Å². The van der Waals surface area contributed by atoms with Gasteiger partial charge < -0.3 is 14.2 Å². The standard InChI is InChI=1S/C27H21N3O5/c1-33-26(31)23-24(29-30(25(23)27(32)34-2)21-10-4-3-5-11-21)18-12-14-22(15-13-18)35-17-20-9-7-6-8-19(20)16-28/h3-15H,17H2,1-2H3. The molecule has 0 atom stereocenters. The summed E-state index contributed by atoms with van der Waals surface area (Å²) in [6, 6.07) is 25.2. The number of ether oxygens (including phenoxy) is 3. The number of nitrogens with zero attached hydrogens (tertiary/aromatic N) is 3. The molecule has 0 N–H and O–H groups in total. The van der Waals surface area contributed by atoms with E-state index in [1.807, 2.05) is 18.2 Å². The van der Waals surface area contributed by atoms with Crippen LogP contribution >= 0.6 is 0 Å². The van der Waals surface area contributed by atoms with E-state index in [0.717, 1.165) is 5.56 Å². The van der Waals surface area contributed by atoms with E-state index < -0.39 is 11.9 Å². The van der Waals surface area contributed by atoms with Gasteiger partial charge in [0.15, 0.2) is 5.69 Å². The fourth-order valence-corrected chi connectivity index (χ4v) is 3.58. The minimum absolute atomic E-state index is 0.000168. The fraction of sp³-hybridized carbons (Fsp3) is 0.111. The second kappa shape index (κ2) is 10.4. The van der Waals surface area contributed by atoms with Crippen LogP contribution in [0.5, 0.6) is 5.75 Å². The summed E-state index contributed by atoms with van der Waals surface area (Å²) in [6.07, 6.45) is 0. The topological polar surface area (TPSA) is 103 Å². The minimum Gasteiger partial charge on any atom is -0.489 e. The van der Waals surface area contributed by atoms with E-state index in [0.29, 0.717) is 22.6 Å². The average Bonchev–Trinajstić information content (AvgIpc) is 3.32. The lowest BCUT2D eigenvalue weighted by atomic mass is 10.1. The summed E-state index contributed by atoms with van der Waals surface area (Å²) in [6.45, 7) is 0.228. The van der Waals surface area contributed by atoms with Gasteiger partial charge in [0, 0.05) is 11.1 Å². The maximum absolute atomic E-state index is 12.7. The van der Waals surface area contributed by atoms with Crippen LogP contribution in [0.1, 0.15) is 32.0 Å². The van der Waals surface area contributed by atoms with Crippen LogP contribution in [0.15, 0.2) is 78.9 Å². The molecule has 8 heteroatoms. The molecule has 0 unspecified atom stereocenters. The molecular weight excluding hydrogens is 446 g/mol. The molecule has 0 aliphatic heterocycles. The van der Waals surface area contributed by atoms with Crippen LogP contribution in [0.25, 0.3) is 16.9 Å². The van der Waals surface area contributed by atoms with Crippen molar-refractivity contribution in [1.29, 1.82) is 5.26 Å². The first-order valence-corrected chi connectivity index (χ1v) is 10.6. The number of aromatic nitrogens is 2. The molecule has 4 aromatic rings. The molecule has 0 bridgehead atoms. The monoisotopic (exact) mass is 467 g/mol. The fourth-order valence-electron chi connectivity index (χ4n) is 3.58. The van der Waals surface area contributed by atoms with Gasteiger partial charge in [0.1, 0.15) is 23.6 Å². The Morgan fingerprint density at radius 1 is 0.886 bits per heavy atom. The highest BCUT2D eigenvalue weighted by molar-refractivity contribution is 6.06. The van der Waals surface area contributed by atoms with E-state index in [-0.39, 0.29) is 23.6 Å². The van der Waals surface area contributed by atoms with Crippen molar-refractivity contribution >= 4 is 11.9 Å². The number of carbonyl (C=O) groups is 2. The Morgan fingerprint density at radius 3 is 2.20 bits per heavy atom. The molecule has 35 heavy (non-hydrogen) atoms. The number of nitriles is 1. The lowest BCUT2D eigenvalue weighted by Crippen LogP contribution is -2.15. The lowest BCUT2D eigenvalue weighted by molar-refractivity contribution is 0.0549. The van der Waals surface area contributed by atoms with Crippen LogP contribution in [-0.4, -0.2) is 35.9 Å². The Labute approximate surface area is 201 Å². The Bertz CT molecular complexity index is 1400. The number of carbonyl (C=O) groups excluding carboxylic acids is 2. The predicted molar refractivity (Wildman–Crippen MR) is 127 cm³/mol. The Kier molecular flexibility index (Phi) is 6.88. The van der Waals surface area contributed by atoms with E-state index in [2.05, 4.69) is 11.2 Å². The van der Waals surface area contributed by atoms with Crippen molar-refractivity contribution in [2.75, 3.05) is 14.2 Å². The van der Waals surface area contributed by atoms with Gasteiger partial charge in [-0.15, -0.1) is 0 Å². The van der Waals surface area contributed by atoms with Crippen LogP contribution in [0.4, 0.5) is 0 Å². The van der Waals surface area contributed by atoms with Crippen molar-refractivity contribution in [3.8, 4) is 28.8 Å². The molecule has 174 valence electrons. The molecule has 0 aliphatic rings. The van der Waals surface area contributed by atoms with Crippen molar-refractivity contribution < 1.29 is 23.8 Å². The van der Waals surface area contributed by atoms with Gasteiger partial charge in [0.25, 0.3) is 0 Å². The minimum atomic E-state index is -0.718. The van der Waals surface area contributed by atoms with E-state index in [9.17, 15) is 14.9 Å². The molecule has 3 aromatic carbocycles. The van der Waals surface area contributed by atoms with Gasteiger partial charge in [-0.3, -0.25) is 0 Å². The first-order valence-electron chi connectivity index (χ1n) is 10.6. The van der Waals surface area contributed by atoms with Gasteiger partial charge in [-0.2, -0.15) is 10.4 Å². The highest BCUT2D eigenvalue weighted by Crippen LogP contribution is 2.30. The van der Waals surface area contributed by atoms with Crippen LogP contribution in [0.3, 0.4) is 0 Å². The zero-order valence-corrected chi connectivity index (χ0v) is 19.1. The molecule has 0 radical (unpaired) electrons. The van der Waals surface area contributed by atoms with Crippen LogP contribution in [0.2, 0.25) is 0 Å². The van der Waals surface area contributed by atoms with Gasteiger partial charge in [-0.1, -0.05) is 36.4 Å². The van der Waals surface area contributed by atoms with Crippen molar-refractivity contribution in [3.05, 3.63) is 101 Å². The van der Waals surface area contributed by atoms with Crippen molar-refractivity contribution in [2.45, 2.75) is 6.61 Å². The second-order valence-electron chi connectivity index (χ2n) is 7.38. The molecule has 4 rings (SSSR count). The number of methoxy groups -OCH3 is 2. The Hall–Kier alpha value is -4.90. The van der Waals surface area contributed by atoms with E-state index in [1.165, 1.54) is 18.9 Å². The van der Waals surface area contributed by atoms with E-state index in [1.54, 1.807) is 60.7 Å². The average molecular weight is 467 g/mol. The number of hydrogen-bond acceptors (Lipinski definition) is 7. The molecule has 0 spiro atoms. The van der Waals surface area contributed by atoms with Gasteiger partial charge in [-0.25, -0.2) is 14.3 Å².